The predicted octanol–water partition coefficient (Wildman–Crippen LogP) is 10.2. The van der Waals surface area contributed by atoms with Crippen molar-refractivity contribution in [2.75, 3.05) is 19.6 Å². The van der Waals surface area contributed by atoms with Gasteiger partial charge in [0.15, 0.2) is 0 Å². The number of hydrogen-bond donors (Lipinski definition) is 0. The second kappa shape index (κ2) is 29.3. The maximum atomic E-state index is 4.45. The second-order valence-electron chi connectivity index (χ2n) is 12.9. The van der Waals surface area contributed by atoms with E-state index >= 15 is 0 Å². The van der Waals surface area contributed by atoms with Crippen LogP contribution < -0.4 is 12.4 Å². The molecule has 41 heavy (non-hydrogen) atoms. The van der Waals surface area contributed by atoms with Crippen molar-refractivity contribution in [1.82, 2.24) is 0 Å². The van der Waals surface area contributed by atoms with Crippen LogP contribution in [0.4, 0.5) is 0 Å². The fourth-order valence-electron chi connectivity index (χ4n) is 6.76. The van der Waals surface area contributed by atoms with Crippen LogP contribution in [0.3, 0.4) is 0 Å². The molecule has 0 spiro atoms. The highest BCUT2D eigenvalue weighted by Crippen LogP contribution is 2.33. The van der Waals surface area contributed by atoms with Gasteiger partial charge in [0, 0.05) is 5.56 Å². The van der Waals surface area contributed by atoms with Crippen LogP contribution in [0.25, 0.3) is 0 Å². The summed E-state index contributed by atoms with van der Waals surface area (Å²) >= 11 is 0. The lowest BCUT2D eigenvalue weighted by Crippen LogP contribution is -3.00. The Labute approximate surface area is 265 Å². The molecular formula is C39H72ClN. The molecule has 1 atom stereocenters. The third-order valence-electron chi connectivity index (χ3n) is 9.33. The Bertz CT molecular complexity index is 606. The first-order valence-electron chi connectivity index (χ1n) is 18.3. The number of nitrogens with zero attached hydrogens (tertiary/aromatic N) is 1. The molecule has 1 aromatic carbocycles. The van der Waals surface area contributed by atoms with Gasteiger partial charge < -0.3 is 16.9 Å². The van der Waals surface area contributed by atoms with E-state index in [4.69, 9.17) is 0 Å². The number of rotatable bonds is 30. The first-order valence-corrected chi connectivity index (χ1v) is 18.3. The lowest BCUT2D eigenvalue weighted by molar-refractivity contribution is -0.951. The maximum Gasteiger partial charge on any atom is 0.133 e. The zero-order chi connectivity index (χ0) is 29.0. The highest BCUT2D eigenvalue weighted by atomic mass is 35.5. The zero-order valence-electron chi connectivity index (χ0n) is 28.2. The Hall–Kier alpha value is -0.790. The highest BCUT2D eigenvalue weighted by molar-refractivity contribution is 5.20. The van der Waals surface area contributed by atoms with Crippen LogP contribution in [0.5, 0.6) is 0 Å². The van der Waals surface area contributed by atoms with Crippen molar-refractivity contribution < 1.29 is 16.9 Å². The van der Waals surface area contributed by atoms with E-state index in [1.54, 1.807) is 0 Å². The van der Waals surface area contributed by atoms with Crippen molar-refractivity contribution in [1.29, 1.82) is 0 Å². The van der Waals surface area contributed by atoms with Crippen molar-refractivity contribution in [3.8, 4) is 0 Å². The Morgan fingerprint density at radius 1 is 0.488 bits per heavy atom. The molecule has 0 amide bonds. The quantitative estimate of drug-likeness (QED) is 0.0475. The van der Waals surface area contributed by atoms with E-state index in [0.717, 1.165) is 0 Å². The van der Waals surface area contributed by atoms with E-state index in [1.165, 1.54) is 184 Å². The van der Waals surface area contributed by atoms with Crippen LogP contribution in [0.2, 0.25) is 0 Å². The second-order valence-corrected chi connectivity index (χ2v) is 12.9. The lowest BCUT2D eigenvalue weighted by atomic mass is 9.97. The molecule has 0 aromatic heterocycles. The molecule has 0 saturated carbocycles. The summed E-state index contributed by atoms with van der Waals surface area (Å²) < 4.78 is 1.25. The van der Waals surface area contributed by atoms with Crippen molar-refractivity contribution in [2.24, 2.45) is 0 Å². The predicted molar refractivity (Wildman–Crippen MR) is 182 cm³/mol. The van der Waals surface area contributed by atoms with Gasteiger partial charge in [-0.2, -0.15) is 0 Å². The summed E-state index contributed by atoms with van der Waals surface area (Å²) in [7, 11) is 0. The molecule has 0 radical (unpaired) electrons. The minimum atomic E-state index is 0. The molecule has 1 rings (SSSR count). The Morgan fingerprint density at radius 2 is 0.780 bits per heavy atom. The summed E-state index contributed by atoms with van der Waals surface area (Å²) in [6, 6.07) is 11.8. The van der Waals surface area contributed by atoms with Gasteiger partial charge in [0.1, 0.15) is 6.04 Å². The molecule has 0 N–H and O–H groups in total. The maximum absolute atomic E-state index is 4.45. The molecule has 0 aliphatic carbocycles. The number of hydrogen-bond acceptors (Lipinski definition) is 0. The van der Waals surface area contributed by atoms with Gasteiger partial charge in [-0.05, 0) is 44.6 Å². The third-order valence-corrected chi connectivity index (χ3v) is 9.33. The lowest BCUT2D eigenvalue weighted by Gasteiger charge is -2.45. The van der Waals surface area contributed by atoms with Crippen molar-refractivity contribution in [3.63, 3.8) is 0 Å². The number of halogens is 1. The number of benzene rings is 1. The van der Waals surface area contributed by atoms with Gasteiger partial charge in [-0.25, -0.2) is 0 Å². The SMILES string of the molecule is C=CC(c1ccccc1)[N+](CCCCCCCCCC)(CCCCCCCCCC)CCCCCCCCCC.[Cl-]. The molecule has 0 aliphatic heterocycles. The van der Waals surface area contributed by atoms with Crippen molar-refractivity contribution in [3.05, 3.63) is 48.6 Å². The smallest absolute Gasteiger partial charge is 0.133 e. The molecule has 0 aliphatic rings. The van der Waals surface area contributed by atoms with Crippen LogP contribution in [0.15, 0.2) is 43.0 Å². The summed E-state index contributed by atoms with van der Waals surface area (Å²) in [5.41, 5.74) is 1.48. The number of quaternary nitrogens is 1. The van der Waals surface area contributed by atoms with E-state index in [9.17, 15) is 0 Å². The van der Waals surface area contributed by atoms with Crippen LogP contribution in [-0.4, -0.2) is 24.1 Å². The average molecular weight is 590 g/mol. The van der Waals surface area contributed by atoms with Gasteiger partial charge >= 0.3 is 0 Å². The van der Waals surface area contributed by atoms with Gasteiger partial charge in [0.2, 0.25) is 0 Å². The van der Waals surface area contributed by atoms with Gasteiger partial charge in [0.05, 0.1) is 19.6 Å². The van der Waals surface area contributed by atoms with E-state index in [1.807, 2.05) is 0 Å². The van der Waals surface area contributed by atoms with E-state index in [-0.39, 0.29) is 12.4 Å². The summed E-state index contributed by atoms with van der Waals surface area (Å²) in [5, 5.41) is 0. The monoisotopic (exact) mass is 590 g/mol. The topological polar surface area (TPSA) is 0 Å². The van der Waals surface area contributed by atoms with Gasteiger partial charge in [-0.1, -0.05) is 173 Å². The highest BCUT2D eigenvalue weighted by Gasteiger charge is 2.35. The van der Waals surface area contributed by atoms with Crippen LogP contribution >= 0.6 is 0 Å². The summed E-state index contributed by atoms with van der Waals surface area (Å²) in [4.78, 5) is 0. The van der Waals surface area contributed by atoms with E-state index < -0.39 is 0 Å². The third kappa shape index (κ3) is 19.9. The zero-order valence-corrected chi connectivity index (χ0v) is 28.9. The number of unbranched alkanes of at least 4 members (excludes halogenated alkanes) is 21. The molecule has 2 heteroatoms. The molecule has 1 aromatic rings. The molecule has 0 fully saturated rings. The normalized spacial score (nSPS) is 12.3. The molecule has 0 bridgehead atoms. The minimum absolute atomic E-state index is 0. The molecule has 1 nitrogen and oxygen atoms in total. The average Bonchev–Trinajstić information content (AvgIpc) is 2.98. The summed E-state index contributed by atoms with van der Waals surface area (Å²) in [6.07, 6.45) is 36.1. The molecule has 1 unspecified atom stereocenters. The fraction of sp³-hybridized carbons (Fsp3) is 0.795. The van der Waals surface area contributed by atoms with E-state index in [2.05, 4.69) is 63.8 Å². The van der Waals surface area contributed by atoms with Crippen molar-refractivity contribution in [2.45, 2.75) is 181 Å². The van der Waals surface area contributed by atoms with Gasteiger partial charge in [-0.15, -0.1) is 0 Å². The fourth-order valence-corrected chi connectivity index (χ4v) is 6.76. The standard InChI is InChI=1S/C39H72N.ClH/c1-5-9-12-15-18-21-24-30-35-40(36-31-25-22-19-16-13-10-6-2,37-32-26-23-20-17-14-11-7-3)39(8-4)38-33-28-27-29-34-38;/h8,27-29,33-34,39H,4-7,9-26,30-32,35-37H2,1-3H3;1H/q+1;/p-1. The molecular weight excluding hydrogens is 518 g/mol. The first kappa shape index (κ1) is 40.2. The Balaban J connectivity index is 0.0000160. The van der Waals surface area contributed by atoms with E-state index in [0.29, 0.717) is 6.04 Å². The summed E-state index contributed by atoms with van der Waals surface area (Å²) in [5.74, 6) is 0. The summed E-state index contributed by atoms with van der Waals surface area (Å²) in [6.45, 7) is 15.4. The van der Waals surface area contributed by atoms with Gasteiger partial charge in [0.25, 0.3) is 0 Å². The Morgan fingerprint density at radius 3 is 1.07 bits per heavy atom. The molecule has 240 valence electrons. The molecule has 0 heterocycles. The van der Waals surface area contributed by atoms with Crippen molar-refractivity contribution >= 4 is 0 Å². The van der Waals surface area contributed by atoms with Crippen LogP contribution in [-0.2, 0) is 0 Å². The Kier molecular flexibility index (Phi) is 28.7. The van der Waals surface area contributed by atoms with Crippen LogP contribution in [0.1, 0.15) is 186 Å². The largest absolute Gasteiger partial charge is 1.00 e. The van der Waals surface area contributed by atoms with Gasteiger partial charge in [-0.3, -0.25) is 0 Å². The molecule has 0 saturated heterocycles. The first-order chi connectivity index (χ1) is 19.7. The minimum Gasteiger partial charge on any atom is -1.00 e. The van der Waals surface area contributed by atoms with Crippen LogP contribution in [0, 0.1) is 0 Å².